The summed E-state index contributed by atoms with van der Waals surface area (Å²) in [5.41, 5.74) is 0. The number of rotatable bonds is 33. The molecule has 246 valence electrons. The Morgan fingerprint density at radius 1 is 0.524 bits per heavy atom. The van der Waals surface area contributed by atoms with Gasteiger partial charge in [0.25, 0.3) is 0 Å². The van der Waals surface area contributed by atoms with Crippen LogP contribution in [0.3, 0.4) is 0 Å². The van der Waals surface area contributed by atoms with Gasteiger partial charge in [0.2, 0.25) is 0 Å². The van der Waals surface area contributed by atoms with Crippen LogP contribution in [0.1, 0.15) is 200 Å². The first-order valence-corrected chi connectivity index (χ1v) is 18.3. The highest BCUT2D eigenvalue weighted by atomic mass is 16.5. The second-order valence-electron chi connectivity index (χ2n) is 12.4. The summed E-state index contributed by atoms with van der Waals surface area (Å²) in [6, 6.07) is 0. The predicted octanol–water partition coefficient (Wildman–Crippen LogP) is 12.4. The summed E-state index contributed by atoms with van der Waals surface area (Å²) in [4.78, 5) is 23.0. The van der Waals surface area contributed by atoms with Gasteiger partial charge in [0, 0.05) is 12.8 Å². The maximum absolute atomic E-state index is 12.4. The minimum Gasteiger partial charge on any atom is -0.481 e. The number of unbranched alkanes of at least 4 members (excludes halogenated alkanes) is 20. The molecule has 0 saturated heterocycles. The summed E-state index contributed by atoms with van der Waals surface area (Å²) in [6.07, 6.45) is 42.3. The molecule has 4 nitrogen and oxygen atoms in total. The number of carbonyl (C=O) groups excluding carboxylic acids is 1. The summed E-state index contributed by atoms with van der Waals surface area (Å²) in [6.45, 7) is 4.46. The fourth-order valence-corrected chi connectivity index (χ4v) is 5.44. The summed E-state index contributed by atoms with van der Waals surface area (Å²) in [5, 5.41) is 8.67. The zero-order valence-corrected chi connectivity index (χ0v) is 28.1. The summed E-state index contributed by atoms with van der Waals surface area (Å²) < 4.78 is 5.90. The number of allylic oxidation sites excluding steroid dienone is 4. The highest BCUT2D eigenvalue weighted by Gasteiger charge is 2.13. The molecule has 0 heterocycles. The molecule has 0 aromatic rings. The van der Waals surface area contributed by atoms with Crippen molar-refractivity contribution in [1.29, 1.82) is 0 Å². The molecular weight excluding hydrogens is 520 g/mol. The van der Waals surface area contributed by atoms with Crippen molar-refractivity contribution in [2.45, 2.75) is 206 Å². The van der Waals surface area contributed by atoms with Crippen molar-refractivity contribution in [3.63, 3.8) is 0 Å². The van der Waals surface area contributed by atoms with E-state index in [1.54, 1.807) is 0 Å². The molecule has 0 bridgehead atoms. The normalized spacial score (nSPS) is 12.4. The third-order valence-electron chi connectivity index (χ3n) is 8.18. The fourth-order valence-electron chi connectivity index (χ4n) is 5.44. The molecule has 1 N–H and O–H groups in total. The summed E-state index contributed by atoms with van der Waals surface area (Å²) in [7, 11) is 0. The Balaban J connectivity index is 3.66. The molecule has 1 atom stereocenters. The number of carbonyl (C=O) groups is 2. The second kappa shape index (κ2) is 33.9. The topological polar surface area (TPSA) is 63.6 Å². The zero-order chi connectivity index (χ0) is 30.8. The third kappa shape index (κ3) is 32.9. The van der Waals surface area contributed by atoms with E-state index in [2.05, 4.69) is 38.2 Å². The van der Waals surface area contributed by atoms with Gasteiger partial charge in [-0.15, -0.1) is 0 Å². The van der Waals surface area contributed by atoms with Gasteiger partial charge >= 0.3 is 11.9 Å². The first-order valence-electron chi connectivity index (χ1n) is 18.3. The second-order valence-corrected chi connectivity index (χ2v) is 12.4. The van der Waals surface area contributed by atoms with E-state index in [1.165, 1.54) is 103 Å². The Kier molecular flexibility index (Phi) is 32.6. The molecule has 0 rings (SSSR count). The Morgan fingerprint density at radius 3 is 1.48 bits per heavy atom. The number of esters is 1. The molecule has 0 spiro atoms. The monoisotopic (exact) mass is 591 g/mol. The summed E-state index contributed by atoms with van der Waals surface area (Å²) >= 11 is 0. The van der Waals surface area contributed by atoms with Gasteiger partial charge in [-0.25, -0.2) is 0 Å². The van der Waals surface area contributed by atoms with Crippen molar-refractivity contribution in [3.8, 4) is 0 Å². The van der Waals surface area contributed by atoms with E-state index in [1.807, 2.05) is 0 Å². The van der Waals surface area contributed by atoms with Crippen LogP contribution in [-0.2, 0) is 14.3 Å². The molecule has 0 aliphatic rings. The van der Waals surface area contributed by atoms with Gasteiger partial charge in [-0.05, 0) is 64.2 Å². The van der Waals surface area contributed by atoms with E-state index in [0.717, 1.165) is 70.6 Å². The average molecular weight is 591 g/mol. The summed E-state index contributed by atoms with van der Waals surface area (Å²) in [5.74, 6) is -0.661. The minimum absolute atomic E-state index is 0.0158. The van der Waals surface area contributed by atoms with E-state index < -0.39 is 5.97 Å². The Morgan fingerprint density at radius 2 is 0.952 bits per heavy atom. The number of ether oxygens (including phenoxy) is 1. The van der Waals surface area contributed by atoms with E-state index >= 15 is 0 Å². The molecule has 4 heteroatoms. The minimum atomic E-state index is -0.676. The maximum atomic E-state index is 12.4. The quantitative estimate of drug-likeness (QED) is 0.0469. The highest BCUT2D eigenvalue weighted by molar-refractivity contribution is 5.69. The zero-order valence-electron chi connectivity index (χ0n) is 28.1. The van der Waals surface area contributed by atoms with E-state index in [-0.39, 0.29) is 12.1 Å². The number of hydrogen-bond acceptors (Lipinski definition) is 3. The maximum Gasteiger partial charge on any atom is 0.306 e. The molecule has 0 aliphatic carbocycles. The van der Waals surface area contributed by atoms with Gasteiger partial charge in [0.1, 0.15) is 6.10 Å². The fraction of sp³-hybridized carbons (Fsp3) is 0.842. The van der Waals surface area contributed by atoms with Gasteiger partial charge in [0.05, 0.1) is 0 Å². The van der Waals surface area contributed by atoms with E-state index in [0.29, 0.717) is 12.8 Å². The van der Waals surface area contributed by atoms with Crippen molar-refractivity contribution >= 4 is 11.9 Å². The van der Waals surface area contributed by atoms with Gasteiger partial charge < -0.3 is 9.84 Å². The molecule has 0 radical (unpaired) electrons. The lowest BCUT2D eigenvalue weighted by Gasteiger charge is -2.18. The van der Waals surface area contributed by atoms with E-state index in [4.69, 9.17) is 9.84 Å². The number of aliphatic carboxylic acids is 1. The SMILES string of the molecule is CCCCC/C=C\C/C=C\CCCCCCCCCC(=O)OC(CCCC)CCCCCCCCCCCCC(=O)O. The average Bonchev–Trinajstić information content (AvgIpc) is 2.97. The Bertz CT molecular complexity index is 639. The highest BCUT2D eigenvalue weighted by Crippen LogP contribution is 2.18. The third-order valence-corrected chi connectivity index (χ3v) is 8.18. The van der Waals surface area contributed by atoms with Gasteiger partial charge in [-0.1, -0.05) is 147 Å². The van der Waals surface area contributed by atoms with Crippen LogP contribution in [0.5, 0.6) is 0 Å². The number of carboxylic acid groups (broad SMARTS) is 1. The lowest BCUT2D eigenvalue weighted by atomic mass is 10.0. The molecule has 42 heavy (non-hydrogen) atoms. The van der Waals surface area contributed by atoms with Gasteiger partial charge in [-0.3, -0.25) is 9.59 Å². The Labute approximate surface area is 261 Å². The molecule has 0 aromatic heterocycles. The first-order chi connectivity index (χ1) is 20.6. The predicted molar refractivity (Wildman–Crippen MR) is 181 cm³/mol. The lowest BCUT2D eigenvalue weighted by molar-refractivity contribution is -0.150. The number of carboxylic acids is 1. The van der Waals surface area contributed by atoms with Crippen LogP contribution in [0.4, 0.5) is 0 Å². The standard InChI is InChI=1S/C38H70O4/c1-3-5-7-8-9-10-11-12-13-14-15-16-17-22-25-28-31-35-38(41)42-36(32-6-4-2)33-29-26-23-20-18-19-21-24-27-30-34-37(39)40/h9-10,12-13,36H,3-8,11,14-35H2,1-2H3,(H,39,40)/b10-9-,13-12-. The van der Waals surface area contributed by atoms with Crippen molar-refractivity contribution < 1.29 is 19.4 Å². The molecule has 0 amide bonds. The van der Waals surface area contributed by atoms with Crippen LogP contribution in [0.15, 0.2) is 24.3 Å². The Hall–Kier alpha value is -1.58. The van der Waals surface area contributed by atoms with Crippen LogP contribution in [0, 0.1) is 0 Å². The van der Waals surface area contributed by atoms with E-state index in [9.17, 15) is 9.59 Å². The number of hydrogen-bond donors (Lipinski definition) is 1. The van der Waals surface area contributed by atoms with Gasteiger partial charge in [-0.2, -0.15) is 0 Å². The van der Waals surface area contributed by atoms with Crippen LogP contribution >= 0.6 is 0 Å². The van der Waals surface area contributed by atoms with Crippen molar-refractivity contribution in [2.75, 3.05) is 0 Å². The molecule has 0 fully saturated rings. The smallest absolute Gasteiger partial charge is 0.306 e. The first kappa shape index (κ1) is 40.4. The lowest BCUT2D eigenvalue weighted by Crippen LogP contribution is -2.18. The van der Waals surface area contributed by atoms with Crippen LogP contribution in [0.25, 0.3) is 0 Å². The van der Waals surface area contributed by atoms with Crippen molar-refractivity contribution in [2.24, 2.45) is 0 Å². The largest absolute Gasteiger partial charge is 0.481 e. The van der Waals surface area contributed by atoms with Gasteiger partial charge in [0.15, 0.2) is 0 Å². The van der Waals surface area contributed by atoms with Crippen molar-refractivity contribution in [1.82, 2.24) is 0 Å². The van der Waals surface area contributed by atoms with Crippen LogP contribution in [0.2, 0.25) is 0 Å². The molecule has 0 aromatic carbocycles. The van der Waals surface area contributed by atoms with Crippen molar-refractivity contribution in [3.05, 3.63) is 24.3 Å². The molecule has 1 unspecified atom stereocenters. The van der Waals surface area contributed by atoms with Crippen LogP contribution in [-0.4, -0.2) is 23.1 Å². The molecule has 0 saturated carbocycles. The molecular formula is C38H70O4. The van der Waals surface area contributed by atoms with Crippen LogP contribution < -0.4 is 0 Å². The molecule has 0 aliphatic heterocycles.